The molecule has 0 fully saturated rings. The molecule has 6 heteroatoms. The minimum absolute atomic E-state index is 0.149. The van der Waals surface area contributed by atoms with Crippen molar-refractivity contribution in [1.29, 1.82) is 0 Å². The van der Waals surface area contributed by atoms with E-state index >= 15 is 0 Å². The number of hydrogen-bond donors (Lipinski definition) is 1. The lowest BCUT2D eigenvalue weighted by molar-refractivity contribution is 1.11. The van der Waals surface area contributed by atoms with Crippen molar-refractivity contribution in [2.45, 2.75) is 6.92 Å². The average Bonchev–Trinajstić information content (AvgIpc) is 2.67. The first-order valence-electron chi connectivity index (χ1n) is 4.07. The molecule has 0 aliphatic heterocycles. The minimum atomic E-state index is -0.149. The van der Waals surface area contributed by atoms with E-state index in [0.717, 1.165) is 10.7 Å². The lowest BCUT2D eigenvalue weighted by Gasteiger charge is -1.90. The Morgan fingerprint density at radius 1 is 1.57 bits per heavy atom. The number of aryl methyl sites for hydroxylation is 1. The summed E-state index contributed by atoms with van der Waals surface area (Å²) in [6, 6.07) is 0. The van der Waals surface area contributed by atoms with Gasteiger partial charge in [-0.3, -0.25) is 9.20 Å². The Hall–Kier alpha value is -1.69. The molecule has 0 bridgehead atoms. The maximum absolute atomic E-state index is 11.6. The number of rotatable bonds is 0. The summed E-state index contributed by atoms with van der Waals surface area (Å²) in [6.45, 7) is 1.94. The number of aromatic amines is 1. The molecule has 0 aromatic carbocycles. The summed E-state index contributed by atoms with van der Waals surface area (Å²) in [5, 5.41) is 1.97. The van der Waals surface area contributed by atoms with Crippen molar-refractivity contribution in [1.82, 2.24) is 19.4 Å². The molecule has 0 atom stereocenters. The average molecular weight is 206 g/mol. The van der Waals surface area contributed by atoms with Crippen LogP contribution in [-0.2, 0) is 0 Å². The van der Waals surface area contributed by atoms with Crippen molar-refractivity contribution in [2.75, 3.05) is 0 Å². The summed E-state index contributed by atoms with van der Waals surface area (Å²) in [7, 11) is 0. The SMILES string of the molecule is Cc1csc2nc3nc[nH]c(=O)c3n12. The van der Waals surface area contributed by atoms with Gasteiger partial charge in [-0.05, 0) is 6.92 Å². The minimum Gasteiger partial charge on any atom is -0.311 e. The highest BCUT2D eigenvalue weighted by molar-refractivity contribution is 7.15. The Kier molecular flexibility index (Phi) is 1.33. The number of aromatic nitrogens is 4. The van der Waals surface area contributed by atoms with Crippen LogP contribution in [0.5, 0.6) is 0 Å². The molecule has 0 saturated heterocycles. The summed E-state index contributed by atoms with van der Waals surface area (Å²) in [6.07, 6.45) is 1.37. The van der Waals surface area contributed by atoms with E-state index < -0.39 is 0 Å². The molecule has 0 spiro atoms. The fraction of sp³-hybridized carbons (Fsp3) is 0.125. The molecular formula is C8H6N4OS. The van der Waals surface area contributed by atoms with E-state index in [1.807, 2.05) is 16.7 Å². The molecule has 3 rings (SSSR count). The van der Waals surface area contributed by atoms with Gasteiger partial charge in [0.2, 0.25) is 0 Å². The molecule has 0 unspecified atom stereocenters. The predicted octanol–water partition coefficient (Wildman–Crippen LogP) is 0.941. The molecule has 3 heterocycles. The smallest absolute Gasteiger partial charge is 0.277 e. The van der Waals surface area contributed by atoms with Crippen molar-refractivity contribution in [2.24, 2.45) is 0 Å². The van der Waals surface area contributed by atoms with Gasteiger partial charge in [0, 0.05) is 11.1 Å². The van der Waals surface area contributed by atoms with Gasteiger partial charge >= 0.3 is 0 Å². The second-order valence-electron chi connectivity index (χ2n) is 3.01. The van der Waals surface area contributed by atoms with E-state index in [2.05, 4.69) is 15.0 Å². The Labute approximate surface area is 82.1 Å². The Balaban J connectivity index is 2.75. The van der Waals surface area contributed by atoms with Crippen molar-refractivity contribution in [3.05, 3.63) is 27.8 Å². The van der Waals surface area contributed by atoms with E-state index in [0.29, 0.717) is 11.2 Å². The van der Waals surface area contributed by atoms with Crippen LogP contribution < -0.4 is 5.56 Å². The summed E-state index contributed by atoms with van der Waals surface area (Å²) in [5.74, 6) is 0. The van der Waals surface area contributed by atoms with Crippen molar-refractivity contribution >= 4 is 27.5 Å². The van der Waals surface area contributed by atoms with Crippen LogP contribution in [0, 0.1) is 6.92 Å². The molecule has 0 aliphatic rings. The third-order valence-electron chi connectivity index (χ3n) is 2.11. The van der Waals surface area contributed by atoms with Crippen LogP contribution in [0.1, 0.15) is 5.69 Å². The molecular weight excluding hydrogens is 200 g/mol. The van der Waals surface area contributed by atoms with Crippen LogP contribution in [0.15, 0.2) is 16.5 Å². The van der Waals surface area contributed by atoms with Crippen LogP contribution in [0.2, 0.25) is 0 Å². The van der Waals surface area contributed by atoms with Crippen LogP contribution in [0.25, 0.3) is 16.1 Å². The van der Waals surface area contributed by atoms with Crippen LogP contribution in [-0.4, -0.2) is 19.4 Å². The molecule has 14 heavy (non-hydrogen) atoms. The van der Waals surface area contributed by atoms with Crippen LogP contribution >= 0.6 is 11.3 Å². The molecule has 70 valence electrons. The highest BCUT2D eigenvalue weighted by Crippen LogP contribution is 2.18. The lowest BCUT2D eigenvalue weighted by Crippen LogP contribution is -2.08. The topological polar surface area (TPSA) is 63.0 Å². The molecule has 0 amide bonds. The summed E-state index contributed by atoms with van der Waals surface area (Å²) in [5.41, 5.74) is 1.89. The van der Waals surface area contributed by atoms with Crippen LogP contribution in [0.3, 0.4) is 0 Å². The lowest BCUT2D eigenvalue weighted by atomic mass is 10.5. The first-order valence-corrected chi connectivity index (χ1v) is 4.95. The number of nitrogens with zero attached hydrogens (tertiary/aromatic N) is 3. The maximum Gasteiger partial charge on any atom is 0.277 e. The summed E-state index contributed by atoms with van der Waals surface area (Å²) < 4.78 is 1.83. The second-order valence-corrected chi connectivity index (χ2v) is 3.85. The Morgan fingerprint density at radius 2 is 2.43 bits per heavy atom. The van der Waals surface area contributed by atoms with E-state index in [1.165, 1.54) is 17.7 Å². The molecule has 3 aromatic rings. The highest BCUT2D eigenvalue weighted by atomic mass is 32.1. The largest absolute Gasteiger partial charge is 0.311 e. The number of nitrogens with one attached hydrogen (secondary N) is 1. The molecule has 1 N–H and O–H groups in total. The monoisotopic (exact) mass is 206 g/mol. The zero-order valence-electron chi connectivity index (χ0n) is 7.31. The Bertz CT molecular complexity index is 677. The van der Waals surface area contributed by atoms with Gasteiger partial charge in [0.25, 0.3) is 5.56 Å². The van der Waals surface area contributed by atoms with Crippen molar-refractivity contribution in [3.63, 3.8) is 0 Å². The number of thiazole rings is 1. The van der Waals surface area contributed by atoms with E-state index in [9.17, 15) is 4.79 Å². The van der Waals surface area contributed by atoms with Gasteiger partial charge in [-0.1, -0.05) is 0 Å². The molecule has 3 aromatic heterocycles. The molecule has 0 saturated carbocycles. The second kappa shape index (κ2) is 2.42. The van der Waals surface area contributed by atoms with Crippen molar-refractivity contribution in [3.8, 4) is 0 Å². The number of hydrogen-bond acceptors (Lipinski definition) is 4. The predicted molar refractivity (Wildman–Crippen MR) is 53.7 cm³/mol. The van der Waals surface area contributed by atoms with Gasteiger partial charge in [0.15, 0.2) is 16.1 Å². The summed E-state index contributed by atoms with van der Waals surface area (Å²) in [4.78, 5) is 23.2. The van der Waals surface area contributed by atoms with Gasteiger partial charge in [0.05, 0.1) is 6.33 Å². The maximum atomic E-state index is 11.6. The van der Waals surface area contributed by atoms with E-state index in [4.69, 9.17) is 0 Å². The van der Waals surface area contributed by atoms with Gasteiger partial charge in [-0.15, -0.1) is 11.3 Å². The zero-order valence-corrected chi connectivity index (χ0v) is 8.13. The van der Waals surface area contributed by atoms with Crippen LogP contribution in [0.4, 0.5) is 0 Å². The van der Waals surface area contributed by atoms with Gasteiger partial charge in [-0.2, -0.15) is 4.98 Å². The van der Waals surface area contributed by atoms with Gasteiger partial charge < -0.3 is 4.98 Å². The zero-order chi connectivity index (χ0) is 9.71. The van der Waals surface area contributed by atoms with Gasteiger partial charge in [-0.25, -0.2) is 4.98 Å². The third kappa shape index (κ3) is 0.805. The summed E-state index contributed by atoms with van der Waals surface area (Å²) >= 11 is 1.51. The molecule has 0 radical (unpaired) electrons. The fourth-order valence-electron chi connectivity index (χ4n) is 1.50. The van der Waals surface area contributed by atoms with E-state index in [1.54, 1.807) is 0 Å². The molecule has 0 aliphatic carbocycles. The standard InChI is InChI=1S/C8H6N4OS/c1-4-2-14-8-11-6-5(12(4)8)7(13)10-3-9-6/h2-3H,1H3,(H,9,10,13). The van der Waals surface area contributed by atoms with Gasteiger partial charge in [0.1, 0.15) is 0 Å². The number of imidazole rings is 1. The fourth-order valence-corrected chi connectivity index (χ4v) is 2.36. The molecule has 5 nitrogen and oxygen atoms in total. The first kappa shape index (κ1) is 7.69. The number of H-pyrrole nitrogens is 1. The Morgan fingerprint density at radius 3 is 3.29 bits per heavy atom. The highest BCUT2D eigenvalue weighted by Gasteiger charge is 2.11. The normalized spacial score (nSPS) is 11.5. The quantitative estimate of drug-likeness (QED) is 0.595. The van der Waals surface area contributed by atoms with E-state index in [-0.39, 0.29) is 5.56 Å². The first-order chi connectivity index (χ1) is 6.77. The number of fused-ring (bicyclic) bond motifs is 3. The third-order valence-corrected chi connectivity index (χ3v) is 3.06. The van der Waals surface area contributed by atoms with Crippen molar-refractivity contribution < 1.29 is 0 Å².